The smallest absolute Gasteiger partial charge is 0.235 e. The highest BCUT2D eigenvalue weighted by Gasteiger charge is 2.25. The standard InChI is InChI=1S/C16H15N3OS/c1-20-16-14-13(11(9-21-14)10-5-4-6-10)18-15(19-16)12-7-2-3-8-17-12/h2-3,7-10H,4-6H2,1H3. The van der Waals surface area contributed by atoms with E-state index >= 15 is 0 Å². The molecule has 0 N–H and O–H groups in total. The second-order valence-corrected chi connectivity index (χ2v) is 6.15. The molecule has 1 aliphatic rings. The zero-order valence-electron chi connectivity index (χ0n) is 11.7. The molecule has 1 saturated carbocycles. The zero-order chi connectivity index (χ0) is 14.2. The number of fused-ring (bicyclic) bond motifs is 1. The van der Waals surface area contributed by atoms with Crippen LogP contribution in [0.5, 0.6) is 5.88 Å². The zero-order valence-corrected chi connectivity index (χ0v) is 12.6. The number of thiophene rings is 1. The highest BCUT2D eigenvalue weighted by atomic mass is 32.1. The summed E-state index contributed by atoms with van der Waals surface area (Å²) >= 11 is 1.68. The molecule has 4 rings (SSSR count). The van der Waals surface area contributed by atoms with Crippen LogP contribution in [-0.4, -0.2) is 22.1 Å². The van der Waals surface area contributed by atoms with E-state index in [-0.39, 0.29) is 0 Å². The van der Waals surface area contributed by atoms with Gasteiger partial charge in [-0.25, -0.2) is 4.98 Å². The van der Waals surface area contributed by atoms with Crippen LogP contribution in [0.2, 0.25) is 0 Å². The van der Waals surface area contributed by atoms with E-state index in [2.05, 4.69) is 15.3 Å². The molecular formula is C16H15N3OS. The van der Waals surface area contributed by atoms with Crippen molar-refractivity contribution in [1.29, 1.82) is 0 Å². The summed E-state index contributed by atoms with van der Waals surface area (Å²) in [4.78, 5) is 13.6. The maximum Gasteiger partial charge on any atom is 0.235 e. The molecule has 0 aromatic carbocycles. The first-order valence-electron chi connectivity index (χ1n) is 7.11. The van der Waals surface area contributed by atoms with Crippen molar-refractivity contribution >= 4 is 21.6 Å². The van der Waals surface area contributed by atoms with Crippen LogP contribution in [0, 0.1) is 0 Å². The van der Waals surface area contributed by atoms with E-state index in [9.17, 15) is 0 Å². The van der Waals surface area contributed by atoms with Crippen molar-refractivity contribution in [3.8, 4) is 17.4 Å². The van der Waals surface area contributed by atoms with Gasteiger partial charge in [0.2, 0.25) is 5.88 Å². The number of pyridine rings is 1. The minimum Gasteiger partial charge on any atom is -0.480 e. The molecule has 0 amide bonds. The number of hydrogen-bond donors (Lipinski definition) is 0. The van der Waals surface area contributed by atoms with Crippen LogP contribution in [0.25, 0.3) is 21.7 Å². The van der Waals surface area contributed by atoms with Gasteiger partial charge in [0, 0.05) is 6.20 Å². The maximum absolute atomic E-state index is 5.47. The Hall–Kier alpha value is -2.01. The van der Waals surface area contributed by atoms with Gasteiger partial charge in [0.25, 0.3) is 0 Å². The Morgan fingerprint density at radius 1 is 1.24 bits per heavy atom. The molecule has 3 aromatic rings. The molecule has 0 spiro atoms. The van der Waals surface area contributed by atoms with Crippen molar-refractivity contribution in [2.75, 3.05) is 7.11 Å². The Bertz CT molecular complexity index is 781. The van der Waals surface area contributed by atoms with Crippen LogP contribution in [0.15, 0.2) is 29.8 Å². The largest absolute Gasteiger partial charge is 0.480 e. The number of hydrogen-bond acceptors (Lipinski definition) is 5. The summed E-state index contributed by atoms with van der Waals surface area (Å²) in [6.45, 7) is 0. The van der Waals surface area contributed by atoms with Gasteiger partial charge in [-0.05, 0) is 41.8 Å². The first-order chi connectivity index (χ1) is 10.4. The fraction of sp³-hybridized carbons (Fsp3) is 0.312. The van der Waals surface area contributed by atoms with Crippen LogP contribution in [0.3, 0.4) is 0 Å². The molecule has 5 heteroatoms. The van der Waals surface area contributed by atoms with Gasteiger partial charge in [-0.1, -0.05) is 12.5 Å². The van der Waals surface area contributed by atoms with Crippen LogP contribution < -0.4 is 4.74 Å². The Balaban J connectivity index is 1.92. The molecule has 21 heavy (non-hydrogen) atoms. The fourth-order valence-electron chi connectivity index (χ4n) is 2.67. The highest BCUT2D eigenvalue weighted by molar-refractivity contribution is 7.17. The predicted octanol–water partition coefficient (Wildman–Crippen LogP) is 4.03. The maximum atomic E-state index is 5.47. The van der Waals surface area contributed by atoms with Gasteiger partial charge >= 0.3 is 0 Å². The lowest BCUT2D eigenvalue weighted by atomic mass is 9.81. The first kappa shape index (κ1) is 12.7. The summed E-state index contributed by atoms with van der Waals surface area (Å²) < 4.78 is 6.51. The second kappa shape index (κ2) is 5.07. The summed E-state index contributed by atoms with van der Waals surface area (Å²) in [5.74, 6) is 1.94. The van der Waals surface area contributed by atoms with Gasteiger partial charge in [-0.2, -0.15) is 4.98 Å². The van der Waals surface area contributed by atoms with Gasteiger partial charge < -0.3 is 4.74 Å². The van der Waals surface area contributed by atoms with Crippen molar-refractivity contribution in [3.05, 3.63) is 35.3 Å². The first-order valence-corrected chi connectivity index (χ1v) is 7.99. The Labute approximate surface area is 126 Å². The van der Waals surface area contributed by atoms with E-state index in [1.807, 2.05) is 18.2 Å². The van der Waals surface area contributed by atoms with E-state index in [4.69, 9.17) is 9.72 Å². The molecule has 0 bridgehead atoms. The molecule has 0 aliphatic heterocycles. The second-order valence-electron chi connectivity index (χ2n) is 5.27. The minimum atomic E-state index is 0.638. The molecule has 4 nitrogen and oxygen atoms in total. The number of methoxy groups -OCH3 is 1. The lowest BCUT2D eigenvalue weighted by molar-refractivity contribution is 0.403. The summed E-state index contributed by atoms with van der Waals surface area (Å²) in [6, 6.07) is 5.77. The molecule has 1 aliphatic carbocycles. The lowest BCUT2D eigenvalue weighted by Crippen LogP contribution is -2.08. The van der Waals surface area contributed by atoms with Crippen LogP contribution >= 0.6 is 11.3 Å². The van der Waals surface area contributed by atoms with E-state index < -0.39 is 0 Å². The lowest BCUT2D eigenvalue weighted by Gasteiger charge is -2.24. The van der Waals surface area contributed by atoms with Gasteiger partial charge in [-0.3, -0.25) is 4.98 Å². The van der Waals surface area contributed by atoms with Gasteiger partial charge in [-0.15, -0.1) is 11.3 Å². The number of nitrogens with zero attached hydrogens (tertiary/aromatic N) is 3. The summed E-state index contributed by atoms with van der Waals surface area (Å²) in [6.07, 6.45) is 5.60. The quantitative estimate of drug-likeness (QED) is 0.732. The van der Waals surface area contributed by atoms with Gasteiger partial charge in [0.05, 0.1) is 12.6 Å². The van der Waals surface area contributed by atoms with Crippen LogP contribution in [0.4, 0.5) is 0 Å². The number of aromatic nitrogens is 3. The number of ether oxygens (including phenoxy) is 1. The van der Waals surface area contributed by atoms with Crippen molar-refractivity contribution < 1.29 is 4.74 Å². The third-order valence-corrected chi connectivity index (χ3v) is 5.02. The van der Waals surface area contributed by atoms with E-state index in [1.165, 1.54) is 24.8 Å². The van der Waals surface area contributed by atoms with Gasteiger partial charge in [0.15, 0.2) is 5.82 Å². The van der Waals surface area contributed by atoms with E-state index in [0.717, 1.165) is 15.9 Å². The average molecular weight is 297 g/mol. The summed E-state index contributed by atoms with van der Waals surface area (Å²) in [5.41, 5.74) is 3.17. The van der Waals surface area contributed by atoms with Crippen molar-refractivity contribution in [2.24, 2.45) is 0 Å². The normalized spacial score (nSPS) is 15.1. The monoisotopic (exact) mass is 297 g/mol. The van der Waals surface area contributed by atoms with Crippen molar-refractivity contribution in [1.82, 2.24) is 15.0 Å². The Morgan fingerprint density at radius 2 is 2.14 bits per heavy atom. The van der Waals surface area contributed by atoms with Crippen LogP contribution in [0.1, 0.15) is 30.7 Å². The molecule has 0 saturated heterocycles. The van der Waals surface area contributed by atoms with E-state index in [0.29, 0.717) is 17.6 Å². The minimum absolute atomic E-state index is 0.638. The number of rotatable bonds is 3. The molecule has 0 unspecified atom stereocenters. The van der Waals surface area contributed by atoms with Gasteiger partial charge in [0.1, 0.15) is 10.4 Å². The Morgan fingerprint density at radius 3 is 2.81 bits per heavy atom. The third-order valence-electron chi connectivity index (χ3n) is 4.04. The Kier molecular flexibility index (Phi) is 3.07. The predicted molar refractivity (Wildman–Crippen MR) is 83.8 cm³/mol. The molecular weight excluding hydrogens is 282 g/mol. The molecule has 3 heterocycles. The SMILES string of the molecule is COc1nc(-c2ccccn2)nc2c(C3CCC3)csc12. The van der Waals surface area contributed by atoms with Crippen molar-refractivity contribution in [2.45, 2.75) is 25.2 Å². The molecule has 106 valence electrons. The van der Waals surface area contributed by atoms with Crippen molar-refractivity contribution in [3.63, 3.8) is 0 Å². The average Bonchev–Trinajstić information content (AvgIpc) is 2.89. The molecule has 1 fully saturated rings. The highest BCUT2D eigenvalue weighted by Crippen LogP contribution is 2.43. The van der Waals surface area contributed by atoms with Crippen LogP contribution in [-0.2, 0) is 0 Å². The fourth-order valence-corrected chi connectivity index (χ4v) is 3.72. The molecule has 0 atom stereocenters. The topological polar surface area (TPSA) is 47.9 Å². The summed E-state index contributed by atoms with van der Waals surface area (Å²) in [5, 5.41) is 2.22. The summed E-state index contributed by atoms with van der Waals surface area (Å²) in [7, 11) is 1.66. The third kappa shape index (κ3) is 2.08. The molecule has 0 radical (unpaired) electrons. The van der Waals surface area contributed by atoms with E-state index in [1.54, 1.807) is 24.6 Å². The molecule has 3 aromatic heterocycles.